The van der Waals surface area contributed by atoms with Crippen LogP contribution in [-0.2, 0) is 4.74 Å². The summed E-state index contributed by atoms with van der Waals surface area (Å²) in [7, 11) is 0. The largest absolute Gasteiger partial charge is 0.462 e. The monoisotopic (exact) mass is 329 g/mol. The number of esters is 1. The molecule has 1 heterocycles. The number of nitrogens with one attached hydrogen (secondary N) is 1. The van der Waals surface area contributed by atoms with E-state index in [2.05, 4.69) is 5.32 Å². The summed E-state index contributed by atoms with van der Waals surface area (Å²) in [5.74, 6) is -0.134. The van der Waals surface area contributed by atoms with Gasteiger partial charge in [-0.05, 0) is 55.7 Å². The Hall–Kier alpha value is -2.14. The van der Waals surface area contributed by atoms with Crippen molar-refractivity contribution in [2.45, 2.75) is 32.6 Å². The number of thiophene rings is 1. The van der Waals surface area contributed by atoms with E-state index in [0.717, 1.165) is 24.0 Å². The number of carbonyl (C=O) groups is 2. The van der Waals surface area contributed by atoms with E-state index in [9.17, 15) is 9.59 Å². The van der Waals surface area contributed by atoms with Gasteiger partial charge in [-0.3, -0.25) is 4.79 Å². The molecular formula is C18H19NO3S. The molecular weight excluding hydrogens is 310 g/mol. The van der Waals surface area contributed by atoms with Crippen LogP contribution in [0.4, 0.5) is 5.00 Å². The molecule has 1 fully saturated rings. The second-order valence-corrected chi connectivity index (χ2v) is 6.59. The number of amides is 1. The first kappa shape index (κ1) is 15.7. The van der Waals surface area contributed by atoms with E-state index in [-0.39, 0.29) is 11.9 Å². The van der Waals surface area contributed by atoms with Crippen LogP contribution in [0.2, 0.25) is 0 Å². The van der Waals surface area contributed by atoms with Crippen molar-refractivity contribution in [2.75, 3.05) is 11.9 Å². The Bertz CT molecular complexity index is 729. The molecule has 5 heteroatoms. The van der Waals surface area contributed by atoms with Gasteiger partial charge in [-0.25, -0.2) is 4.79 Å². The zero-order valence-corrected chi connectivity index (χ0v) is 14.0. The summed E-state index contributed by atoms with van der Waals surface area (Å²) in [5, 5.41) is 5.41. The van der Waals surface area contributed by atoms with Gasteiger partial charge in [-0.15, -0.1) is 11.3 Å². The Morgan fingerprint density at radius 3 is 2.57 bits per heavy atom. The highest BCUT2D eigenvalue weighted by molar-refractivity contribution is 7.15. The van der Waals surface area contributed by atoms with Crippen LogP contribution in [0, 0.1) is 6.92 Å². The maximum absolute atomic E-state index is 12.4. The fraction of sp³-hybridized carbons (Fsp3) is 0.333. The SMILES string of the molecule is CCOC(=O)c1c(C2CC2)csc1NC(=O)c1ccc(C)cc1. The number of hydrogen-bond donors (Lipinski definition) is 1. The van der Waals surface area contributed by atoms with Crippen LogP contribution in [0.1, 0.15) is 57.5 Å². The van der Waals surface area contributed by atoms with E-state index >= 15 is 0 Å². The molecule has 1 N–H and O–H groups in total. The Morgan fingerprint density at radius 2 is 1.96 bits per heavy atom. The summed E-state index contributed by atoms with van der Waals surface area (Å²) in [6.45, 7) is 4.08. The third-order valence-corrected chi connectivity index (χ3v) is 4.77. The summed E-state index contributed by atoms with van der Waals surface area (Å²) in [6, 6.07) is 7.35. The third kappa shape index (κ3) is 3.45. The maximum Gasteiger partial charge on any atom is 0.341 e. The van der Waals surface area contributed by atoms with Crippen molar-refractivity contribution in [2.24, 2.45) is 0 Å². The molecule has 0 atom stereocenters. The van der Waals surface area contributed by atoms with Crippen LogP contribution >= 0.6 is 11.3 Å². The van der Waals surface area contributed by atoms with Gasteiger partial charge in [0.25, 0.3) is 5.91 Å². The van der Waals surface area contributed by atoms with Gasteiger partial charge in [0.15, 0.2) is 0 Å². The van der Waals surface area contributed by atoms with E-state index in [4.69, 9.17) is 4.74 Å². The maximum atomic E-state index is 12.4. The molecule has 1 amide bonds. The number of ether oxygens (including phenoxy) is 1. The first-order chi connectivity index (χ1) is 11.1. The quantitative estimate of drug-likeness (QED) is 0.829. The van der Waals surface area contributed by atoms with Gasteiger partial charge in [0, 0.05) is 5.56 Å². The lowest BCUT2D eigenvalue weighted by Crippen LogP contribution is -2.15. The molecule has 120 valence electrons. The van der Waals surface area contributed by atoms with Crippen LogP contribution in [-0.4, -0.2) is 18.5 Å². The number of anilines is 1. The zero-order chi connectivity index (χ0) is 16.4. The molecule has 1 aliphatic carbocycles. The normalized spacial score (nSPS) is 13.7. The lowest BCUT2D eigenvalue weighted by Gasteiger charge is -2.08. The summed E-state index contributed by atoms with van der Waals surface area (Å²) < 4.78 is 5.16. The molecule has 1 aliphatic rings. The zero-order valence-electron chi connectivity index (χ0n) is 13.2. The van der Waals surface area contributed by atoms with Crippen molar-refractivity contribution in [3.05, 3.63) is 51.9 Å². The fourth-order valence-corrected chi connectivity index (χ4v) is 3.48. The van der Waals surface area contributed by atoms with Crippen molar-refractivity contribution < 1.29 is 14.3 Å². The molecule has 0 unspecified atom stereocenters. The molecule has 0 spiro atoms. The lowest BCUT2D eigenvalue weighted by molar-refractivity contribution is 0.0527. The molecule has 0 saturated heterocycles. The van der Waals surface area contributed by atoms with Crippen molar-refractivity contribution in [3.63, 3.8) is 0 Å². The third-order valence-electron chi connectivity index (χ3n) is 3.86. The minimum absolute atomic E-state index is 0.209. The molecule has 2 aromatic rings. The van der Waals surface area contributed by atoms with Crippen LogP contribution in [0.5, 0.6) is 0 Å². The smallest absolute Gasteiger partial charge is 0.341 e. The van der Waals surface area contributed by atoms with Crippen molar-refractivity contribution >= 4 is 28.2 Å². The summed E-state index contributed by atoms with van der Waals surface area (Å²) in [6.07, 6.45) is 2.18. The van der Waals surface area contributed by atoms with Gasteiger partial charge in [-0.2, -0.15) is 0 Å². The molecule has 1 aromatic heterocycles. The number of hydrogen-bond acceptors (Lipinski definition) is 4. The second kappa shape index (κ2) is 6.54. The fourth-order valence-electron chi connectivity index (χ4n) is 2.45. The van der Waals surface area contributed by atoms with E-state index in [0.29, 0.717) is 28.7 Å². The van der Waals surface area contributed by atoms with E-state index in [1.807, 2.05) is 24.4 Å². The molecule has 3 rings (SSSR count). The summed E-state index contributed by atoms with van der Waals surface area (Å²) >= 11 is 1.39. The van der Waals surface area contributed by atoms with Gasteiger partial charge in [0.05, 0.1) is 12.2 Å². The molecule has 4 nitrogen and oxygen atoms in total. The Morgan fingerprint density at radius 1 is 1.26 bits per heavy atom. The highest BCUT2D eigenvalue weighted by Gasteiger charge is 2.32. The highest BCUT2D eigenvalue weighted by Crippen LogP contribution is 2.46. The van der Waals surface area contributed by atoms with E-state index in [1.165, 1.54) is 11.3 Å². The lowest BCUT2D eigenvalue weighted by atomic mass is 10.1. The van der Waals surface area contributed by atoms with Gasteiger partial charge < -0.3 is 10.1 Å². The van der Waals surface area contributed by atoms with Crippen LogP contribution in [0.15, 0.2) is 29.6 Å². The number of aryl methyl sites for hydroxylation is 1. The first-order valence-corrected chi connectivity index (χ1v) is 8.64. The number of carbonyl (C=O) groups excluding carboxylic acids is 2. The van der Waals surface area contributed by atoms with Gasteiger partial charge in [0.2, 0.25) is 0 Å². The van der Waals surface area contributed by atoms with Crippen LogP contribution in [0.3, 0.4) is 0 Å². The average molecular weight is 329 g/mol. The molecule has 1 aromatic carbocycles. The molecule has 23 heavy (non-hydrogen) atoms. The average Bonchev–Trinajstić information content (AvgIpc) is 3.29. The van der Waals surface area contributed by atoms with Gasteiger partial charge in [0.1, 0.15) is 5.00 Å². The number of benzene rings is 1. The van der Waals surface area contributed by atoms with Crippen molar-refractivity contribution in [1.29, 1.82) is 0 Å². The second-order valence-electron chi connectivity index (χ2n) is 5.71. The predicted molar refractivity (Wildman–Crippen MR) is 91.4 cm³/mol. The minimum Gasteiger partial charge on any atom is -0.462 e. The topological polar surface area (TPSA) is 55.4 Å². The first-order valence-electron chi connectivity index (χ1n) is 7.76. The van der Waals surface area contributed by atoms with E-state index < -0.39 is 0 Å². The Labute approximate surface area is 139 Å². The van der Waals surface area contributed by atoms with Crippen LogP contribution in [0.25, 0.3) is 0 Å². The predicted octanol–water partition coefficient (Wildman–Crippen LogP) is 4.36. The molecule has 0 bridgehead atoms. The Balaban J connectivity index is 1.85. The van der Waals surface area contributed by atoms with Crippen molar-refractivity contribution in [1.82, 2.24) is 0 Å². The van der Waals surface area contributed by atoms with Gasteiger partial charge in [-0.1, -0.05) is 17.7 Å². The van der Waals surface area contributed by atoms with E-state index in [1.54, 1.807) is 19.1 Å². The Kier molecular flexibility index (Phi) is 4.48. The molecule has 1 saturated carbocycles. The summed E-state index contributed by atoms with van der Waals surface area (Å²) in [4.78, 5) is 24.7. The van der Waals surface area contributed by atoms with Crippen molar-refractivity contribution in [3.8, 4) is 0 Å². The minimum atomic E-state index is -0.352. The molecule has 0 radical (unpaired) electrons. The summed E-state index contributed by atoms with van der Waals surface area (Å²) in [5.41, 5.74) is 3.21. The van der Waals surface area contributed by atoms with Gasteiger partial charge >= 0.3 is 5.97 Å². The van der Waals surface area contributed by atoms with Crippen LogP contribution < -0.4 is 5.32 Å². The molecule has 0 aliphatic heterocycles. The highest BCUT2D eigenvalue weighted by atomic mass is 32.1. The number of rotatable bonds is 5. The standard InChI is InChI=1S/C18H19NO3S/c1-3-22-18(21)15-14(12-8-9-12)10-23-17(15)19-16(20)13-6-4-11(2)5-7-13/h4-7,10,12H,3,8-9H2,1-2H3,(H,19,20).